The van der Waals surface area contributed by atoms with Crippen LogP contribution in [0.5, 0.6) is 11.5 Å². The van der Waals surface area contributed by atoms with E-state index in [1.54, 1.807) is 13.3 Å². The average molecular weight is 302 g/mol. The Morgan fingerprint density at radius 3 is 2.82 bits per heavy atom. The highest BCUT2D eigenvalue weighted by Crippen LogP contribution is 2.33. The number of methoxy groups -OCH3 is 1. The molecule has 0 N–H and O–H groups in total. The molecule has 1 aromatic heterocycles. The number of aromatic nitrogens is 1. The van der Waals surface area contributed by atoms with E-state index in [9.17, 15) is 0 Å². The van der Waals surface area contributed by atoms with E-state index in [-0.39, 0.29) is 6.23 Å². The summed E-state index contributed by atoms with van der Waals surface area (Å²) >= 11 is 0. The van der Waals surface area contributed by atoms with Crippen molar-refractivity contribution >= 4 is 10.9 Å². The van der Waals surface area contributed by atoms with Crippen molar-refractivity contribution in [1.29, 1.82) is 0 Å². The minimum Gasteiger partial charge on any atom is -0.493 e. The molecule has 0 bridgehead atoms. The van der Waals surface area contributed by atoms with Crippen molar-refractivity contribution in [3.05, 3.63) is 30.5 Å². The van der Waals surface area contributed by atoms with Gasteiger partial charge >= 0.3 is 0 Å². The van der Waals surface area contributed by atoms with Gasteiger partial charge in [0.05, 0.1) is 25.8 Å². The fourth-order valence-electron chi connectivity index (χ4n) is 2.76. The lowest BCUT2D eigenvalue weighted by atomic mass is 10.2. The molecule has 1 aliphatic heterocycles. The van der Waals surface area contributed by atoms with Crippen LogP contribution in [0.2, 0.25) is 0 Å². The summed E-state index contributed by atoms with van der Waals surface area (Å²) in [5, 5.41) is 1.05. The van der Waals surface area contributed by atoms with Crippen molar-refractivity contribution in [3.63, 3.8) is 0 Å². The second-order valence-electron chi connectivity index (χ2n) is 5.33. The predicted molar refractivity (Wildman–Crippen MR) is 85.4 cm³/mol. The van der Waals surface area contributed by atoms with Crippen molar-refractivity contribution in [2.75, 3.05) is 33.4 Å². The maximum absolute atomic E-state index is 6.24. The Labute approximate surface area is 130 Å². The maximum Gasteiger partial charge on any atom is 0.165 e. The van der Waals surface area contributed by atoms with E-state index in [1.807, 2.05) is 24.3 Å². The molecule has 0 radical (unpaired) electrons. The zero-order valence-electron chi connectivity index (χ0n) is 13.1. The number of nitrogens with zero attached hydrogens (tertiary/aromatic N) is 2. The molecule has 0 aliphatic carbocycles. The summed E-state index contributed by atoms with van der Waals surface area (Å²) in [6.45, 7) is 5.44. The lowest BCUT2D eigenvalue weighted by Gasteiger charge is -2.34. The van der Waals surface area contributed by atoms with Gasteiger partial charge in [-0.1, -0.05) is 13.0 Å². The van der Waals surface area contributed by atoms with Crippen LogP contribution in [0.15, 0.2) is 30.5 Å². The second kappa shape index (κ2) is 6.94. The van der Waals surface area contributed by atoms with Crippen LogP contribution in [0.25, 0.3) is 10.9 Å². The number of fused-ring (bicyclic) bond motifs is 1. The van der Waals surface area contributed by atoms with E-state index in [1.165, 1.54) is 0 Å². The van der Waals surface area contributed by atoms with Gasteiger partial charge < -0.3 is 14.2 Å². The summed E-state index contributed by atoms with van der Waals surface area (Å²) < 4.78 is 17.1. The zero-order valence-corrected chi connectivity index (χ0v) is 13.1. The van der Waals surface area contributed by atoms with Crippen molar-refractivity contribution in [1.82, 2.24) is 9.88 Å². The first kappa shape index (κ1) is 15.1. The smallest absolute Gasteiger partial charge is 0.165 e. The monoisotopic (exact) mass is 302 g/mol. The number of morpholine rings is 1. The molecular weight excluding hydrogens is 280 g/mol. The molecular formula is C17H22N2O3. The summed E-state index contributed by atoms with van der Waals surface area (Å²) in [4.78, 5) is 6.70. The SMILES string of the molecule is CCC(Oc1cc2ncccc2cc1OC)N1CCOCC1. The summed E-state index contributed by atoms with van der Waals surface area (Å²) in [6, 6.07) is 7.87. The van der Waals surface area contributed by atoms with Crippen molar-refractivity contribution in [3.8, 4) is 11.5 Å². The lowest BCUT2D eigenvalue weighted by Crippen LogP contribution is -2.46. The van der Waals surface area contributed by atoms with E-state index in [0.717, 1.165) is 55.1 Å². The molecule has 5 heteroatoms. The highest BCUT2D eigenvalue weighted by molar-refractivity contribution is 5.82. The van der Waals surface area contributed by atoms with Gasteiger partial charge in [-0.25, -0.2) is 0 Å². The van der Waals surface area contributed by atoms with E-state index in [2.05, 4.69) is 16.8 Å². The van der Waals surface area contributed by atoms with E-state index >= 15 is 0 Å². The molecule has 1 aliphatic rings. The van der Waals surface area contributed by atoms with Crippen molar-refractivity contribution in [2.24, 2.45) is 0 Å². The number of hydrogen-bond acceptors (Lipinski definition) is 5. The van der Waals surface area contributed by atoms with Crippen LogP contribution in [-0.2, 0) is 4.74 Å². The molecule has 0 amide bonds. The molecule has 2 heterocycles. The zero-order chi connectivity index (χ0) is 15.4. The van der Waals surface area contributed by atoms with Crippen LogP contribution in [0.3, 0.4) is 0 Å². The van der Waals surface area contributed by atoms with Crippen LogP contribution in [0.1, 0.15) is 13.3 Å². The lowest BCUT2D eigenvalue weighted by molar-refractivity contribution is -0.0475. The molecule has 1 saturated heterocycles. The second-order valence-corrected chi connectivity index (χ2v) is 5.33. The van der Waals surface area contributed by atoms with Crippen molar-refractivity contribution in [2.45, 2.75) is 19.6 Å². The Morgan fingerprint density at radius 1 is 1.27 bits per heavy atom. The van der Waals surface area contributed by atoms with Crippen LogP contribution >= 0.6 is 0 Å². The molecule has 1 atom stereocenters. The fourth-order valence-corrected chi connectivity index (χ4v) is 2.76. The molecule has 0 saturated carbocycles. The first-order valence-electron chi connectivity index (χ1n) is 7.73. The van der Waals surface area contributed by atoms with Gasteiger partial charge in [0, 0.05) is 30.7 Å². The van der Waals surface area contributed by atoms with E-state index < -0.39 is 0 Å². The first-order valence-corrected chi connectivity index (χ1v) is 7.73. The molecule has 3 rings (SSSR count). The van der Waals surface area contributed by atoms with Crippen molar-refractivity contribution < 1.29 is 14.2 Å². The molecule has 1 fully saturated rings. The summed E-state index contributed by atoms with van der Waals surface area (Å²) in [7, 11) is 1.67. The average Bonchev–Trinajstić information content (AvgIpc) is 2.59. The first-order chi connectivity index (χ1) is 10.8. The highest BCUT2D eigenvalue weighted by Gasteiger charge is 2.22. The molecule has 22 heavy (non-hydrogen) atoms. The normalized spacial score (nSPS) is 17.4. The predicted octanol–water partition coefficient (Wildman–Crippen LogP) is 2.69. The third kappa shape index (κ3) is 3.15. The largest absolute Gasteiger partial charge is 0.493 e. The minimum absolute atomic E-state index is 0.0268. The topological polar surface area (TPSA) is 43.8 Å². The third-order valence-corrected chi connectivity index (χ3v) is 3.95. The van der Waals surface area contributed by atoms with E-state index in [4.69, 9.17) is 14.2 Å². The van der Waals surface area contributed by atoms with Gasteiger partial charge in [-0.15, -0.1) is 0 Å². The van der Waals surface area contributed by atoms with Crippen LogP contribution in [0, 0.1) is 0 Å². The summed E-state index contributed by atoms with van der Waals surface area (Å²) in [6.07, 6.45) is 2.72. The quantitative estimate of drug-likeness (QED) is 0.849. The Hall–Kier alpha value is -1.85. The van der Waals surface area contributed by atoms with E-state index in [0.29, 0.717) is 0 Å². The standard InChI is InChI=1S/C17H22N2O3/c1-3-17(19-7-9-21-10-8-19)22-16-12-14-13(5-4-6-18-14)11-15(16)20-2/h4-6,11-12,17H,3,7-10H2,1-2H3. The van der Waals surface area contributed by atoms with Gasteiger partial charge in [0.25, 0.3) is 0 Å². The maximum atomic E-state index is 6.24. The van der Waals surface area contributed by atoms with Crippen LogP contribution < -0.4 is 9.47 Å². The highest BCUT2D eigenvalue weighted by atomic mass is 16.5. The molecule has 1 unspecified atom stereocenters. The molecule has 2 aromatic rings. The minimum atomic E-state index is 0.0268. The van der Waals surface area contributed by atoms with Gasteiger partial charge in [-0.3, -0.25) is 9.88 Å². The summed E-state index contributed by atoms with van der Waals surface area (Å²) in [5.41, 5.74) is 0.912. The van der Waals surface area contributed by atoms with Crippen LogP contribution in [0.4, 0.5) is 0 Å². The van der Waals surface area contributed by atoms with Gasteiger partial charge in [-0.05, 0) is 18.6 Å². The molecule has 0 spiro atoms. The number of ether oxygens (including phenoxy) is 3. The van der Waals surface area contributed by atoms with Gasteiger partial charge in [0.15, 0.2) is 17.7 Å². The van der Waals surface area contributed by atoms with Gasteiger partial charge in [0.2, 0.25) is 0 Å². The van der Waals surface area contributed by atoms with Gasteiger partial charge in [0.1, 0.15) is 0 Å². The van der Waals surface area contributed by atoms with Crippen LogP contribution in [-0.4, -0.2) is 49.5 Å². The molecule has 5 nitrogen and oxygen atoms in total. The Morgan fingerprint density at radius 2 is 2.09 bits per heavy atom. The third-order valence-electron chi connectivity index (χ3n) is 3.95. The fraction of sp³-hybridized carbons (Fsp3) is 0.471. The number of pyridine rings is 1. The van der Waals surface area contributed by atoms with Gasteiger partial charge in [-0.2, -0.15) is 0 Å². The summed E-state index contributed by atoms with van der Waals surface area (Å²) in [5.74, 6) is 1.49. The Kier molecular flexibility index (Phi) is 4.75. The Bertz CT molecular complexity index is 626. The number of benzene rings is 1. The number of rotatable bonds is 5. The number of hydrogen-bond donors (Lipinski definition) is 0. The molecule has 118 valence electrons. The Balaban J connectivity index is 1.87. The molecule has 1 aromatic carbocycles.